The standard InChI is InChI=1S/C20H24N6O2/c1-2-18-23-19(28-24-18)16-6-3-4-7-17(16)22-20(27)25-12-8-15(9-13-25)14-26-11-5-10-21-26/h3-7,10-11,15H,2,8-9,12-14H2,1H3,(H,22,27). The second-order valence-electron chi connectivity index (χ2n) is 7.00. The van der Waals surface area contributed by atoms with Crippen molar-refractivity contribution >= 4 is 11.7 Å². The van der Waals surface area contributed by atoms with Gasteiger partial charge in [-0.3, -0.25) is 4.68 Å². The Morgan fingerprint density at radius 3 is 2.79 bits per heavy atom. The molecule has 0 saturated carbocycles. The topological polar surface area (TPSA) is 89.1 Å². The van der Waals surface area contributed by atoms with Crippen LogP contribution in [0.1, 0.15) is 25.6 Å². The van der Waals surface area contributed by atoms with Gasteiger partial charge in [0.05, 0.1) is 11.3 Å². The largest absolute Gasteiger partial charge is 0.334 e. The molecule has 2 amide bonds. The van der Waals surface area contributed by atoms with E-state index in [4.69, 9.17) is 4.52 Å². The summed E-state index contributed by atoms with van der Waals surface area (Å²) in [5.41, 5.74) is 1.41. The van der Waals surface area contributed by atoms with Gasteiger partial charge in [-0.1, -0.05) is 24.2 Å². The van der Waals surface area contributed by atoms with Crippen LogP contribution in [0, 0.1) is 5.92 Å². The zero-order chi connectivity index (χ0) is 19.3. The summed E-state index contributed by atoms with van der Waals surface area (Å²) in [6, 6.07) is 9.34. The van der Waals surface area contributed by atoms with E-state index in [1.165, 1.54) is 0 Å². The highest BCUT2D eigenvalue weighted by Gasteiger charge is 2.24. The maximum absolute atomic E-state index is 12.8. The van der Waals surface area contributed by atoms with Crippen LogP contribution in [0.4, 0.5) is 10.5 Å². The first-order chi connectivity index (χ1) is 13.7. The zero-order valence-electron chi connectivity index (χ0n) is 15.9. The number of hydrogen-bond acceptors (Lipinski definition) is 5. The van der Waals surface area contributed by atoms with Crippen molar-refractivity contribution in [3.63, 3.8) is 0 Å². The van der Waals surface area contributed by atoms with E-state index in [0.717, 1.165) is 38.0 Å². The summed E-state index contributed by atoms with van der Waals surface area (Å²) in [7, 11) is 0. The van der Waals surface area contributed by atoms with E-state index in [1.54, 1.807) is 6.20 Å². The summed E-state index contributed by atoms with van der Waals surface area (Å²) < 4.78 is 7.30. The molecular formula is C20H24N6O2. The number of likely N-dealkylation sites (tertiary alicyclic amines) is 1. The Labute approximate surface area is 163 Å². The van der Waals surface area contributed by atoms with Crippen molar-refractivity contribution < 1.29 is 9.32 Å². The third-order valence-electron chi connectivity index (χ3n) is 5.09. The van der Waals surface area contributed by atoms with E-state index < -0.39 is 0 Å². The van der Waals surface area contributed by atoms with Gasteiger partial charge in [-0.05, 0) is 37.0 Å². The number of hydrogen-bond donors (Lipinski definition) is 1. The van der Waals surface area contributed by atoms with Gasteiger partial charge < -0.3 is 14.7 Å². The molecule has 0 unspecified atom stereocenters. The zero-order valence-corrected chi connectivity index (χ0v) is 15.9. The number of carbonyl (C=O) groups excluding carboxylic acids is 1. The highest BCUT2D eigenvalue weighted by molar-refractivity contribution is 5.93. The Morgan fingerprint density at radius 2 is 2.07 bits per heavy atom. The lowest BCUT2D eigenvalue weighted by atomic mass is 9.97. The van der Waals surface area contributed by atoms with Crippen molar-refractivity contribution in [2.75, 3.05) is 18.4 Å². The van der Waals surface area contributed by atoms with Crippen LogP contribution in [0.25, 0.3) is 11.5 Å². The number of para-hydroxylation sites is 1. The molecule has 1 saturated heterocycles. The first-order valence-corrected chi connectivity index (χ1v) is 9.68. The summed E-state index contributed by atoms with van der Waals surface area (Å²) in [4.78, 5) is 19.0. The average Bonchev–Trinajstić information content (AvgIpc) is 3.41. The van der Waals surface area contributed by atoms with Gasteiger partial charge in [0.25, 0.3) is 5.89 Å². The first kappa shape index (κ1) is 18.2. The van der Waals surface area contributed by atoms with Gasteiger partial charge >= 0.3 is 6.03 Å². The quantitative estimate of drug-likeness (QED) is 0.732. The maximum Gasteiger partial charge on any atom is 0.321 e. The molecule has 1 aromatic carbocycles. The number of aromatic nitrogens is 4. The lowest BCUT2D eigenvalue weighted by Gasteiger charge is -2.32. The van der Waals surface area contributed by atoms with E-state index >= 15 is 0 Å². The minimum absolute atomic E-state index is 0.0970. The van der Waals surface area contributed by atoms with Crippen molar-refractivity contribution in [1.82, 2.24) is 24.8 Å². The Hall–Kier alpha value is -3.16. The normalized spacial score (nSPS) is 15.0. The number of piperidine rings is 1. The molecule has 2 aromatic heterocycles. The number of amides is 2. The lowest BCUT2D eigenvalue weighted by molar-refractivity contribution is 0.175. The highest BCUT2D eigenvalue weighted by Crippen LogP contribution is 2.27. The number of nitrogens with one attached hydrogen (secondary N) is 1. The molecule has 1 N–H and O–H groups in total. The fourth-order valence-electron chi connectivity index (χ4n) is 3.47. The fraction of sp³-hybridized carbons (Fsp3) is 0.400. The van der Waals surface area contributed by atoms with Crippen LogP contribution >= 0.6 is 0 Å². The van der Waals surface area contributed by atoms with Crippen molar-refractivity contribution in [3.8, 4) is 11.5 Å². The van der Waals surface area contributed by atoms with Crippen LogP contribution in [-0.4, -0.2) is 43.9 Å². The molecular weight excluding hydrogens is 356 g/mol. The second kappa shape index (κ2) is 8.24. The summed E-state index contributed by atoms with van der Waals surface area (Å²) in [6.45, 7) is 4.35. The summed E-state index contributed by atoms with van der Waals surface area (Å²) >= 11 is 0. The lowest BCUT2D eigenvalue weighted by Crippen LogP contribution is -2.41. The predicted octanol–water partition coefficient (Wildman–Crippen LogP) is 3.44. The number of anilines is 1. The van der Waals surface area contributed by atoms with Crippen LogP contribution < -0.4 is 5.32 Å². The number of urea groups is 1. The third-order valence-corrected chi connectivity index (χ3v) is 5.09. The van der Waals surface area contributed by atoms with E-state index in [1.807, 2.05) is 53.0 Å². The molecule has 0 atom stereocenters. The molecule has 3 aromatic rings. The molecule has 1 aliphatic rings. The smallest absolute Gasteiger partial charge is 0.321 e. The summed E-state index contributed by atoms with van der Waals surface area (Å²) in [5.74, 6) is 1.61. The summed E-state index contributed by atoms with van der Waals surface area (Å²) in [6.07, 6.45) is 6.42. The predicted molar refractivity (Wildman–Crippen MR) is 105 cm³/mol. The van der Waals surface area contributed by atoms with Crippen molar-refractivity contribution in [3.05, 3.63) is 48.5 Å². The Balaban J connectivity index is 1.38. The monoisotopic (exact) mass is 380 g/mol. The number of rotatable bonds is 5. The van der Waals surface area contributed by atoms with Gasteiger partial charge in [0, 0.05) is 38.4 Å². The third kappa shape index (κ3) is 4.05. The van der Waals surface area contributed by atoms with Gasteiger partial charge in [-0.15, -0.1) is 0 Å². The second-order valence-corrected chi connectivity index (χ2v) is 7.00. The van der Waals surface area contributed by atoms with Crippen LogP contribution in [0.2, 0.25) is 0 Å². The Kier molecular flexibility index (Phi) is 5.36. The van der Waals surface area contributed by atoms with Crippen molar-refractivity contribution in [1.29, 1.82) is 0 Å². The van der Waals surface area contributed by atoms with E-state index in [2.05, 4.69) is 20.6 Å². The van der Waals surface area contributed by atoms with Gasteiger partial charge in [0.2, 0.25) is 0 Å². The molecule has 8 heteroatoms. The highest BCUT2D eigenvalue weighted by atomic mass is 16.5. The molecule has 3 heterocycles. The van der Waals surface area contributed by atoms with Crippen LogP contribution in [-0.2, 0) is 13.0 Å². The average molecular weight is 380 g/mol. The SMILES string of the molecule is CCc1noc(-c2ccccc2NC(=O)N2CCC(Cn3cccn3)CC2)n1. The van der Waals surface area contributed by atoms with E-state index in [0.29, 0.717) is 29.7 Å². The van der Waals surface area contributed by atoms with E-state index in [-0.39, 0.29) is 6.03 Å². The van der Waals surface area contributed by atoms with Gasteiger partial charge in [0.15, 0.2) is 5.82 Å². The van der Waals surface area contributed by atoms with Crippen LogP contribution in [0.5, 0.6) is 0 Å². The molecule has 1 aliphatic heterocycles. The minimum Gasteiger partial charge on any atom is -0.334 e. The number of carbonyl (C=O) groups is 1. The van der Waals surface area contributed by atoms with Gasteiger partial charge in [0.1, 0.15) is 0 Å². The molecule has 0 radical (unpaired) electrons. The van der Waals surface area contributed by atoms with Crippen LogP contribution in [0.3, 0.4) is 0 Å². The molecule has 0 spiro atoms. The molecule has 1 fully saturated rings. The van der Waals surface area contributed by atoms with Crippen molar-refractivity contribution in [2.45, 2.75) is 32.7 Å². The van der Waals surface area contributed by atoms with Crippen molar-refractivity contribution in [2.24, 2.45) is 5.92 Å². The van der Waals surface area contributed by atoms with E-state index in [9.17, 15) is 4.79 Å². The minimum atomic E-state index is -0.0970. The van der Waals surface area contributed by atoms with Crippen LogP contribution in [0.15, 0.2) is 47.2 Å². The molecule has 28 heavy (non-hydrogen) atoms. The molecule has 0 bridgehead atoms. The first-order valence-electron chi connectivity index (χ1n) is 9.68. The van der Waals surface area contributed by atoms with Gasteiger partial charge in [-0.25, -0.2) is 4.79 Å². The fourth-order valence-corrected chi connectivity index (χ4v) is 3.47. The molecule has 4 rings (SSSR count). The summed E-state index contributed by atoms with van der Waals surface area (Å²) in [5, 5.41) is 11.2. The number of nitrogens with zero attached hydrogens (tertiary/aromatic N) is 5. The molecule has 0 aliphatic carbocycles. The van der Waals surface area contributed by atoms with Gasteiger partial charge in [-0.2, -0.15) is 10.1 Å². The number of benzene rings is 1. The number of aryl methyl sites for hydroxylation is 1. The Morgan fingerprint density at radius 1 is 1.25 bits per heavy atom. The maximum atomic E-state index is 12.8. The Bertz CT molecular complexity index is 912. The molecule has 8 nitrogen and oxygen atoms in total. The molecule has 146 valence electrons.